The van der Waals surface area contributed by atoms with Gasteiger partial charge in [-0.05, 0) is 27.7 Å². The van der Waals surface area contributed by atoms with Crippen molar-refractivity contribution in [2.45, 2.75) is 57.4 Å². The Bertz CT molecular complexity index is 234. The first-order chi connectivity index (χ1) is 6.32. The molecule has 2 saturated heterocycles. The predicted octanol–water partition coefficient (Wildman–Crippen LogP) is 0.676. The van der Waals surface area contributed by atoms with Crippen LogP contribution in [0.1, 0.15) is 27.7 Å². The molecular formula is C10H18O4. The van der Waals surface area contributed by atoms with Crippen molar-refractivity contribution in [3.8, 4) is 0 Å². The minimum Gasteiger partial charge on any atom is -0.387 e. The summed E-state index contributed by atoms with van der Waals surface area (Å²) >= 11 is 0. The molecule has 0 spiro atoms. The predicted molar refractivity (Wildman–Crippen MR) is 49.9 cm³/mol. The summed E-state index contributed by atoms with van der Waals surface area (Å²) in [6, 6.07) is 0. The second kappa shape index (κ2) is 2.92. The number of ether oxygens (including phenoxy) is 3. The molecule has 0 amide bonds. The van der Waals surface area contributed by atoms with E-state index in [0.717, 1.165) is 0 Å². The third-order valence-corrected chi connectivity index (χ3v) is 2.86. The molecule has 4 nitrogen and oxygen atoms in total. The molecular weight excluding hydrogens is 184 g/mol. The monoisotopic (exact) mass is 202 g/mol. The van der Waals surface area contributed by atoms with E-state index in [2.05, 4.69) is 0 Å². The van der Waals surface area contributed by atoms with Crippen molar-refractivity contribution in [3.63, 3.8) is 0 Å². The molecule has 0 radical (unpaired) electrons. The highest BCUT2D eigenvalue weighted by molar-refractivity contribution is 5.01. The second-order valence-electron chi connectivity index (χ2n) is 5.00. The molecule has 2 fully saturated rings. The fourth-order valence-corrected chi connectivity index (χ4v) is 1.96. The maximum absolute atomic E-state index is 9.81. The van der Waals surface area contributed by atoms with Gasteiger partial charge in [-0.1, -0.05) is 0 Å². The Kier molecular flexibility index (Phi) is 2.16. The van der Waals surface area contributed by atoms with Crippen LogP contribution in [0.15, 0.2) is 0 Å². The highest BCUT2D eigenvalue weighted by Gasteiger charge is 2.54. The van der Waals surface area contributed by atoms with Gasteiger partial charge < -0.3 is 19.3 Å². The summed E-state index contributed by atoms with van der Waals surface area (Å²) in [5.41, 5.74) is -0.444. The molecule has 1 unspecified atom stereocenters. The first kappa shape index (κ1) is 10.4. The fourth-order valence-electron chi connectivity index (χ4n) is 1.96. The van der Waals surface area contributed by atoms with E-state index in [1.54, 1.807) is 0 Å². The Morgan fingerprint density at radius 1 is 1.14 bits per heavy atom. The van der Waals surface area contributed by atoms with Crippen LogP contribution in [0, 0.1) is 0 Å². The summed E-state index contributed by atoms with van der Waals surface area (Å²) < 4.78 is 16.6. The van der Waals surface area contributed by atoms with Gasteiger partial charge in [-0.15, -0.1) is 0 Å². The van der Waals surface area contributed by atoms with Gasteiger partial charge in [0.25, 0.3) is 0 Å². The Labute approximate surface area is 84.1 Å². The van der Waals surface area contributed by atoms with E-state index in [0.29, 0.717) is 6.61 Å². The van der Waals surface area contributed by atoms with E-state index in [4.69, 9.17) is 14.2 Å². The minimum absolute atomic E-state index is 0.145. The molecule has 2 aliphatic rings. The van der Waals surface area contributed by atoms with Gasteiger partial charge in [-0.25, -0.2) is 0 Å². The van der Waals surface area contributed by atoms with Crippen LogP contribution in [0.2, 0.25) is 0 Å². The molecule has 2 rings (SSSR count). The molecule has 0 aromatic heterocycles. The third-order valence-electron chi connectivity index (χ3n) is 2.86. The smallest absolute Gasteiger partial charge is 0.163 e. The molecule has 3 atom stereocenters. The normalized spacial score (nSPS) is 44.8. The van der Waals surface area contributed by atoms with Crippen LogP contribution in [-0.2, 0) is 14.2 Å². The van der Waals surface area contributed by atoms with Gasteiger partial charge in [0.2, 0.25) is 0 Å². The van der Waals surface area contributed by atoms with E-state index in [1.165, 1.54) is 0 Å². The fraction of sp³-hybridized carbons (Fsp3) is 1.00. The Morgan fingerprint density at radius 3 is 2.14 bits per heavy atom. The molecule has 0 aromatic carbocycles. The van der Waals surface area contributed by atoms with E-state index >= 15 is 0 Å². The minimum atomic E-state index is -0.548. The molecule has 1 N–H and O–H groups in total. The van der Waals surface area contributed by atoms with Gasteiger partial charge in [0.1, 0.15) is 18.3 Å². The molecule has 2 heterocycles. The van der Waals surface area contributed by atoms with Crippen molar-refractivity contribution in [3.05, 3.63) is 0 Å². The molecule has 0 saturated carbocycles. The van der Waals surface area contributed by atoms with Gasteiger partial charge in [0.05, 0.1) is 12.2 Å². The lowest BCUT2D eigenvalue weighted by atomic mass is 9.86. The van der Waals surface area contributed by atoms with Gasteiger partial charge >= 0.3 is 0 Å². The summed E-state index contributed by atoms with van der Waals surface area (Å²) in [5.74, 6) is -0.548. The largest absolute Gasteiger partial charge is 0.387 e. The first-order valence-corrected chi connectivity index (χ1v) is 4.99. The van der Waals surface area contributed by atoms with Crippen LogP contribution in [0.3, 0.4) is 0 Å². The molecule has 4 heteroatoms. The van der Waals surface area contributed by atoms with Crippen molar-refractivity contribution in [1.82, 2.24) is 0 Å². The molecule has 14 heavy (non-hydrogen) atoms. The van der Waals surface area contributed by atoms with Crippen LogP contribution in [0.5, 0.6) is 0 Å². The van der Waals surface area contributed by atoms with Crippen LogP contribution in [0.4, 0.5) is 0 Å². The molecule has 0 aliphatic carbocycles. The number of rotatable bonds is 1. The lowest BCUT2D eigenvalue weighted by molar-refractivity contribution is -0.303. The summed E-state index contributed by atoms with van der Waals surface area (Å²) in [6.45, 7) is 7.96. The maximum Gasteiger partial charge on any atom is 0.163 e. The molecule has 2 aliphatic heterocycles. The molecule has 0 aromatic rings. The quantitative estimate of drug-likeness (QED) is 0.679. The van der Waals surface area contributed by atoms with E-state index in [9.17, 15) is 5.11 Å². The van der Waals surface area contributed by atoms with Crippen molar-refractivity contribution >= 4 is 0 Å². The van der Waals surface area contributed by atoms with Crippen LogP contribution in [-0.4, -0.2) is 41.4 Å². The lowest BCUT2D eigenvalue weighted by Gasteiger charge is -2.49. The zero-order chi connectivity index (χ0) is 10.6. The highest BCUT2D eigenvalue weighted by Crippen LogP contribution is 2.38. The maximum atomic E-state index is 9.81. The summed E-state index contributed by atoms with van der Waals surface area (Å²) in [6.07, 6.45) is -0.857. The number of hydrogen-bond acceptors (Lipinski definition) is 4. The SMILES string of the molecule is CC1(C)OC[C@H]([C@H]2OC(C)(C)C2O)O1. The summed E-state index contributed by atoms with van der Waals surface area (Å²) in [7, 11) is 0. The zero-order valence-electron chi connectivity index (χ0n) is 9.11. The van der Waals surface area contributed by atoms with Gasteiger partial charge in [0, 0.05) is 0 Å². The zero-order valence-corrected chi connectivity index (χ0v) is 9.11. The van der Waals surface area contributed by atoms with Crippen molar-refractivity contribution < 1.29 is 19.3 Å². The number of hydrogen-bond donors (Lipinski definition) is 1. The van der Waals surface area contributed by atoms with E-state index in [-0.39, 0.29) is 12.2 Å². The number of aliphatic hydroxyl groups excluding tert-OH is 1. The van der Waals surface area contributed by atoms with Gasteiger partial charge in [-0.2, -0.15) is 0 Å². The van der Waals surface area contributed by atoms with Crippen LogP contribution < -0.4 is 0 Å². The summed E-state index contributed by atoms with van der Waals surface area (Å²) in [5, 5.41) is 9.81. The van der Waals surface area contributed by atoms with E-state index < -0.39 is 17.5 Å². The first-order valence-electron chi connectivity index (χ1n) is 4.99. The topological polar surface area (TPSA) is 47.9 Å². The van der Waals surface area contributed by atoms with Gasteiger partial charge in [0.15, 0.2) is 5.79 Å². The third kappa shape index (κ3) is 1.56. The van der Waals surface area contributed by atoms with Crippen molar-refractivity contribution in [2.75, 3.05) is 6.61 Å². The molecule has 82 valence electrons. The highest BCUT2D eigenvalue weighted by atomic mass is 16.8. The van der Waals surface area contributed by atoms with Gasteiger partial charge in [-0.3, -0.25) is 0 Å². The molecule has 0 bridgehead atoms. The standard InChI is InChI=1S/C10H18O4/c1-9(2)8(11)7(14-9)6-5-12-10(3,4)13-6/h6-8,11H,5H2,1-4H3/t6-,7-,8?/m1/s1. The lowest BCUT2D eigenvalue weighted by Crippen LogP contribution is -2.65. The van der Waals surface area contributed by atoms with E-state index in [1.807, 2.05) is 27.7 Å². The van der Waals surface area contributed by atoms with Crippen molar-refractivity contribution in [1.29, 1.82) is 0 Å². The Morgan fingerprint density at radius 2 is 1.79 bits per heavy atom. The second-order valence-corrected chi connectivity index (χ2v) is 5.00. The average molecular weight is 202 g/mol. The Hall–Kier alpha value is -0.160. The number of aliphatic hydroxyl groups is 1. The average Bonchev–Trinajstić information content (AvgIpc) is 2.41. The van der Waals surface area contributed by atoms with Crippen LogP contribution >= 0.6 is 0 Å². The Balaban J connectivity index is 1.94. The van der Waals surface area contributed by atoms with Crippen molar-refractivity contribution in [2.24, 2.45) is 0 Å². The van der Waals surface area contributed by atoms with Crippen LogP contribution in [0.25, 0.3) is 0 Å². The summed E-state index contributed by atoms with van der Waals surface area (Å²) in [4.78, 5) is 0.